The minimum Gasteiger partial charge on any atom is -0.481 e. The molecular formula is C15H13FN2O6S. The molecule has 0 saturated carbocycles. The van der Waals surface area contributed by atoms with Gasteiger partial charge in [0, 0.05) is 12.6 Å². The number of carboxylic acid groups (broad SMARTS) is 1. The highest BCUT2D eigenvalue weighted by Gasteiger charge is 2.31. The van der Waals surface area contributed by atoms with E-state index in [1.54, 1.807) is 0 Å². The van der Waals surface area contributed by atoms with Crippen LogP contribution in [0.5, 0.6) is 0 Å². The average molecular weight is 368 g/mol. The number of para-hydroxylation sites is 1. The van der Waals surface area contributed by atoms with Crippen LogP contribution < -0.4 is 4.31 Å². The summed E-state index contributed by atoms with van der Waals surface area (Å²) in [5, 5.41) is 20.0. The number of anilines is 1. The van der Waals surface area contributed by atoms with Crippen LogP contribution in [0.2, 0.25) is 0 Å². The SMILES string of the molecule is O=C(O)CCN(c1ccc(F)cc1)S(=O)(=O)c1ccccc1[N+](=O)[O-]. The maximum absolute atomic E-state index is 13.1. The largest absolute Gasteiger partial charge is 0.481 e. The van der Waals surface area contributed by atoms with Gasteiger partial charge in [-0.25, -0.2) is 12.8 Å². The Balaban J connectivity index is 2.57. The molecule has 132 valence electrons. The number of carbonyl (C=O) groups is 1. The number of carboxylic acids is 1. The summed E-state index contributed by atoms with van der Waals surface area (Å²) in [5.74, 6) is -1.85. The molecule has 2 aromatic rings. The van der Waals surface area contributed by atoms with Gasteiger partial charge in [-0.15, -0.1) is 0 Å². The molecule has 0 spiro atoms. The Morgan fingerprint density at radius 2 is 1.76 bits per heavy atom. The molecule has 0 atom stereocenters. The van der Waals surface area contributed by atoms with Crippen molar-refractivity contribution in [1.29, 1.82) is 0 Å². The van der Waals surface area contributed by atoms with E-state index >= 15 is 0 Å². The van der Waals surface area contributed by atoms with E-state index in [4.69, 9.17) is 5.11 Å². The van der Waals surface area contributed by atoms with Crippen molar-refractivity contribution in [3.05, 3.63) is 64.5 Å². The van der Waals surface area contributed by atoms with Gasteiger partial charge in [0.05, 0.1) is 17.0 Å². The molecule has 2 rings (SSSR count). The van der Waals surface area contributed by atoms with Crippen molar-refractivity contribution in [1.82, 2.24) is 0 Å². The summed E-state index contributed by atoms with van der Waals surface area (Å²) in [5.41, 5.74) is -0.634. The molecule has 1 N–H and O–H groups in total. The van der Waals surface area contributed by atoms with Gasteiger partial charge in [-0.1, -0.05) is 12.1 Å². The Kier molecular flexibility index (Phi) is 5.32. The van der Waals surface area contributed by atoms with Crippen molar-refractivity contribution in [2.75, 3.05) is 10.8 Å². The van der Waals surface area contributed by atoms with Crippen molar-refractivity contribution in [2.45, 2.75) is 11.3 Å². The van der Waals surface area contributed by atoms with Crippen LogP contribution in [0.3, 0.4) is 0 Å². The topological polar surface area (TPSA) is 118 Å². The molecule has 25 heavy (non-hydrogen) atoms. The summed E-state index contributed by atoms with van der Waals surface area (Å²) in [4.78, 5) is 20.5. The van der Waals surface area contributed by atoms with E-state index in [1.807, 2.05) is 0 Å². The van der Waals surface area contributed by atoms with Crippen molar-refractivity contribution < 1.29 is 27.6 Å². The van der Waals surface area contributed by atoms with Gasteiger partial charge >= 0.3 is 5.97 Å². The van der Waals surface area contributed by atoms with Gasteiger partial charge in [-0.3, -0.25) is 19.2 Å². The van der Waals surface area contributed by atoms with Gasteiger partial charge in [-0.2, -0.15) is 0 Å². The van der Waals surface area contributed by atoms with Gasteiger partial charge in [0.1, 0.15) is 5.82 Å². The molecule has 0 saturated heterocycles. The van der Waals surface area contributed by atoms with Crippen LogP contribution in [0.15, 0.2) is 53.4 Å². The van der Waals surface area contributed by atoms with Crippen LogP contribution >= 0.6 is 0 Å². The quantitative estimate of drug-likeness (QED) is 0.592. The Morgan fingerprint density at radius 3 is 2.32 bits per heavy atom. The molecule has 0 aliphatic rings. The van der Waals surface area contributed by atoms with Crippen LogP contribution in [0.25, 0.3) is 0 Å². The molecule has 8 nitrogen and oxygen atoms in total. The molecule has 0 unspecified atom stereocenters. The third-order valence-electron chi connectivity index (χ3n) is 3.27. The van der Waals surface area contributed by atoms with Crippen LogP contribution in [-0.2, 0) is 14.8 Å². The van der Waals surface area contributed by atoms with Gasteiger partial charge in [0.15, 0.2) is 4.90 Å². The number of benzene rings is 2. The van der Waals surface area contributed by atoms with Crippen molar-refractivity contribution >= 4 is 27.4 Å². The smallest absolute Gasteiger partial charge is 0.305 e. The lowest BCUT2D eigenvalue weighted by molar-refractivity contribution is -0.387. The van der Waals surface area contributed by atoms with Crippen LogP contribution in [0.1, 0.15) is 6.42 Å². The number of aliphatic carboxylic acids is 1. The minimum absolute atomic E-state index is 0.000742. The number of hydrogen-bond donors (Lipinski definition) is 1. The van der Waals surface area contributed by atoms with E-state index in [0.29, 0.717) is 4.31 Å². The second kappa shape index (κ2) is 7.26. The predicted molar refractivity (Wildman–Crippen MR) is 86.3 cm³/mol. The Morgan fingerprint density at radius 1 is 1.16 bits per heavy atom. The van der Waals surface area contributed by atoms with Crippen molar-refractivity contribution in [3.63, 3.8) is 0 Å². The second-order valence-electron chi connectivity index (χ2n) is 4.92. The third-order valence-corrected chi connectivity index (χ3v) is 5.15. The second-order valence-corrected chi connectivity index (χ2v) is 6.75. The summed E-state index contributed by atoms with van der Waals surface area (Å²) in [6, 6.07) is 9.07. The molecule has 10 heteroatoms. The molecule has 0 bridgehead atoms. The number of nitrogens with zero attached hydrogens (tertiary/aromatic N) is 2. The summed E-state index contributed by atoms with van der Waals surface area (Å²) in [6.07, 6.45) is -0.531. The third kappa shape index (κ3) is 4.10. The van der Waals surface area contributed by atoms with E-state index in [2.05, 4.69) is 0 Å². The van der Waals surface area contributed by atoms with Crippen molar-refractivity contribution in [3.8, 4) is 0 Å². The fourth-order valence-electron chi connectivity index (χ4n) is 2.14. The zero-order chi connectivity index (χ0) is 18.6. The normalized spacial score (nSPS) is 11.1. The molecule has 0 aliphatic carbocycles. The monoisotopic (exact) mass is 368 g/mol. The first-order chi connectivity index (χ1) is 11.7. The van der Waals surface area contributed by atoms with Gasteiger partial charge in [-0.05, 0) is 30.3 Å². The lowest BCUT2D eigenvalue weighted by atomic mass is 10.3. The van der Waals surface area contributed by atoms with E-state index in [1.165, 1.54) is 12.1 Å². The number of halogens is 1. The zero-order valence-corrected chi connectivity index (χ0v) is 13.5. The highest BCUT2D eigenvalue weighted by atomic mass is 32.2. The fraction of sp³-hybridized carbons (Fsp3) is 0.133. The average Bonchev–Trinajstić information content (AvgIpc) is 2.56. The molecule has 0 radical (unpaired) electrons. The predicted octanol–water partition coefficient (Wildman–Crippen LogP) is 2.40. The van der Waals surface area contributed by atoms with Crippen LogP contribution in [0.4, 0.5) is 15.8 Å². The van der Waals surface area contributed by atoms with E-state index in [9.17, 15) is 27.7 Å². The molecule has 0 aliphatic heterocycles. The highest BCUT2D eigenvalue weighted by molar-refractivity contribution is 7.93. The maximum Gasteiger partial charge on any atom is 0.305 e. The Hall–Kier alpha value is -3.01. The lowest BCUT2D eigenvalue weighted by Gasteiger charge is -2.23. The zero-order valence-electron chi connectivity index (χ0n) is 12.7. The highest BCUT2D eigenvalue weighted by Crippen LogP contribution is 2.30. The first-order valence-electron chi connectivity index (χ1n) is 6.97. The van der Waals surface area contributed by atoms with Crippen molar-refractivity contribution in [2.24, 2.45) is 0 Å². The summed E-state index contributed by atoms with van der Waals surface area (Å²) < 4.78 is 39.6. The minimum atomic E-state index is -4.43. The first kappa shape index (κ1) is 18.3. The van der Waals surface area contributed by atoms with Gasteiger partial charge in [0.2, 0.25) is 0 Å². The number of rotatable bonds is 7. The maximum atomic E-state index is 13.1. The molecular weight excluding hydrogens is 355 g/mol. The number of nitro groups is 1. The standard InChI is InChI=1S/C15H13FN2O6S/c16-11-5-7-12(8-6-11)17(10-9-15(19)20)25(23,24)14-4-2-1-3-13(14)18(21)22/h1-8H,9-10H2,(H,19,20). The summed E-state index contributed by atoms with van der Waals surface area (Å²) >= 11 is 0. The fourth-order valence-corrected chi connectivity index (χ4v) is 3.76. The van der Waals surface area contributed by atoms with E-state index in [-0.39, 0.29) is 5.69 Å². The van der Waals surface area contributed by atoms with Gasteiger partial charge < -0.3 is 5.11 Å². The summed E-state index contributed by atoms with van der Waals surface area (Å²) in [6.45, 7) is -0.463. The molecule has 0 amide bonds. The molecule has 0 heterocycles. The molecule has 0 aromatic heterocycles. The van der Waals surface area contributed by atoms with E-state index in [0.717, 1.165) is 36.4 Å². The van der Waals surface area contributed by atoms with E-state index < -0.39 is 50.3 Å². The first-order valence-corrected chi connectivity index (χ1v) is 8.41. The van der Waals surface area contributed by atoms with Gasteiger partial charge in [0.25, 0.3) is 15.7 Å². The summed E-state index contributed by atoms with van der Waals surface area (Å²) in [7, 11) is -4.43. The molecule has 2 aromatic carbocycles. The number of hydrogen-bond acceptors (Lipinski definition) is 5. The van der Waals surface area contributed by atoms with Crippen LogP contribution in [0, 0.1) is 15.9 Å². The Bertz CT molecular complexity index is 898. The number of sulfonamides is 1. The molecule has 0 fully saturated rings. The number of nitro benzene ring substituents is 1. The Labute approximate surface area is 142 Å². The lowest BCUT2D eigenvalue weighted by Crippen LogP contribution is -2.33. The van der Waals surface area contributed by atoms with Crippen LogP contribution in [-0.4, -0.2) is 31.0 Å².